The molecule has 0 radical (unpaired) electrons. The van der Waals surface area contributed by atoms with Gasteiger partial charge in [0.25, 0.3) is 0 Å². The van der Waals surface area contributed by atoms with Gasteiger partial charge in [-0.25, -0.2) is 0 Å². The molecule has 1 aliphatic carbocycles. The summed E-state index contributed by atoms with van der Waals surface area (Å²) in [6, 6.07) is 2.70. The zero-order valence-corrected chi connectivity index (χ0v) is 12.1. The average Bonchev–Trinajstić information content (AvgIpc) is 2.46. The lowest BCUT2D eigenvalue weighted by molar-refractivity contribution is -0.138. The van der Waals surface area contributed by atoms with Crippen LogP contribution in [-0.2, 0) is 4.79 Å². The van der Waals surface area contributed by atoms with Crippen molar-refractivity contribution in [2.45, 2.75) is 44.6 Å². The van der Waals surface area contributed by atoms with E-state index in [1.54, 1.807) is 0 Å². The van der Waals surface area contributed by atoms with E-state index in [0.29, 0.717) is 11.9 Å². The monoisotopic (exact) mass is 263 g/mol. The number of nitriles is 1. The van der Waals surface area contributed by atoms with Crippen LogP contribution in [0.4, 0.5) is 0 Å². The second-order valence-electron chi connectivity index (χ2n) is 6.19. The number of amides is 1. The van der Waals surface area contributed by atoms with Crippen molar-refractivity contribution in [3.05, 3.63) is 0 Å². The molecular formula is C15H25N3O. The van der Waals surface area contributed by atoms with Crippen LogP contribution >= 0.6 is 0 Å². The first kappa shape index (κ1) is 14.3. The Morgan fingerprint density at radius 1 is 1.26 bits per heavy atom. The number of carbonyl (C=O) groups is 1. The van der Waals surface area contributed by atoms with Crippen molar-refractivity contribution in [1.82, 2.24) is 9.80 Å². The molecule has 1 amide bonds. The molecule has 1 heterocycles. The van der Waals surface area contributed by atoms with Crippen molar-refractivity contribution in [3.8, 4) is 6.07 Å². The van der Waals surface area contributed by atoms with Crippen LogP contribution in [-0.4, -0.2) is 48.9 Å². The maximum atomic E-state index is 12.5. The Bertz CT molecular complexity index is 355. The van der Waals surface area contributed by atoms with E-state index in [2.05, 4.69) is 18.0 Å². The average molecular weight is 263 g/mol. The molecule has 1 saturated carbocycles. The summed E-state index contributed by atoms with van der Waals surface area (Å²) in [5, 5.41) is 8.92. The van der Waals surface area contributed by atoms with E-state index in [-0.39, 0.29) is 11.8 Å². The molecule has 2 aliphatic rings. The van der Waals surface area contributed by atoms with Gasteiger partial charge in [-0.3, -0.25) is 4.79 Å². The van der Waals surface area contributed by atoms with Gasteiger partial charge in [-0.1, -0.05) is 0 Å². The summed E-state index contributed by atoms with van der Waals surface area (Å²) in [7, 11) is 4.05. The van der Waals surface area contributed by atoms with Crippen molar-refractivity contribution in [3.63, 3.8) is 0 Å². The molecule has 0 bridgehead atoms. The van der Waals surface area contributed by atoms with E-state index in [0.717, 1.165) is 51.6 Å². The number of nitrogens with zero attached hydrogens (tertiary/aromatic N) is 3. The summed E-state index contributed by atoms with van der Waals surface area (Å²) in [5.74, 6) is 0.699. The summed E-state index contributed by atoms with van der Waals surface area (Å²) in [5.41, 5.74) is 0. The molecule has 2 fully saturated rings. The predicted molar refractivity (Wildman–Crippen MR) is 74.4 cm³/mol. The van der Waals surface area contributed by atoms with Crippen LogP contribution < -0.4 is 0 Å². The topological polar surface area (TPSA) is 47.3 Å². The fourth-order valence-electron chi connectivity index (χ4n) is 3.43. The lowest BCUT2D eigenvalue weighted by Gasteiger charge is -2.37. The highest BCUT2D eigenvalue weighted by Crippen LogP contribution is 2.28. The molecule has 0 N–H and O–H groups in total. The molecule has 1 aliphatic heterocycles. The van der Waals surface area contributed by atoms with Gasteiger partial charge >= 0.3 is 0 Å². The number of carbonyl (C=O) groups excluding carboxylic acids is 1. The Morgan fingerprint density at radius 2 is 1.95 bits per heavy atom. The summed E-state index contributed by atoms with van der Waals surface area (Å²) in [6.45, 7) is 2.01. The van der Waals surface area contributed by atoms with Crippen molar-refractivity contribution in [2.24, 2.45) is 11.8 Å². The number of hydrogen-bond acceptors (Lipinski definition) is 3. The summed E-state index contributed by atoms with van der Waals surface area (Å²) in [4.78, 5) is 16.8. The smallest absolute Gasteiger partial charge is 0.226 e. The van der Waals surface area contributed by atoms with Crippen molar-refractivity contribution >= 4 is 5.91 Å². The molecule has 0 spiro atoms. The maximum Gasteiger partial charge on any atom is 0.226 e. The second-order valence-corrected chi connectivity index (χ2v) is 6.19. The molecule has 4 nitrogen and oxygen atoms in total. The van der Waals surface area contributed by atoms with E-state index in [1.165, 1.54) is 0 Å². The number of hydrogen-bond donors (Lipinski definition) is 0. The molecule has 4 heteroatoms. The van der Waals surface area contributed by atoms with Crippen LogP contribution in [0.25, 0.3) is 0 Å². The SMILES string of the molecule is CN1CCCC(C(=O)N(C)C2CCC(C#N)CC2)C1. The van der Waals surface area contributed by atoms with Crippen LogP contribution in [0.1, 0.15) is 38.5 Å². The maximum absolute atomic E-state index is 12.5. The molecule has 1 atom stereocenters. The van der Waals surface area contributed by atoms with Crippen molar-refractivity contribution < 1.29 is 4.79 Å². The molecule has 0 aromatic heterocycles. The highest BCUT2D eigenvalue weighted by Gasteiger charge is 2.31. The lowest BCUT2D eigenvalue weighted by Crippen LogP contribution is -2.46. The largest absolute Gasteiger partial charge is 0.342 e. The first-order valence-corrected chi connectivity index (χ1v) is 7.46. The number of rotatable bonds is 2. The number of likely N-dealkylation sites (tertiary alicyclic amines) is 1. The standard InChI is InChI=1S/C15H25N3O/c1-17-9-3-4-13(11-17)15(19)18(2)14-7-5-12(10-16)6-8-14/h12-14H,3-9,11H2,1-2H3. The summed E-state index contributed by atoms with van der Waals surface area (Å²) >= 11 is 0. The lowest BCUT2D eigenvalue weighted by atomic mass is 9.85. The van der Waals surface area contributed by atoms with Crippen LogP contribution in [0.3, 0.4) is 0 Å². The first-order chi connectivity index (χ1) is 9.11. The normalized spacial score (nSPS) is 32.6. The Kier molecular flexibility index (Phi) is 4.81. The Labute approximate surface area is 116 Å². The highest BCUT2D eigenvalue weighted by molar-refractivity contribution is 5.79. The molecule has 19 heavy (non-hydrogen) atoms. The molecule has 2 rings (SSSR count). The van der Waals surface area contributed by atoms with Crippen molar-refractivity contribution in [1.29, 1.82) is 5.26 Å². The Hall–Kier alpha value is -1.08. The summed E-state index contributed by atoms with van der Waals surface area (Å²) in [6.07, 6.45) is 6.03. The fraction of sp³-hybridized carbons (Fsp3) is 0.867. The Morgan fingerprint density at radius 3 is 2.53 bits per heavy atom. The zero-order chi connectivity index (χ0) is 13.8. The first-order valence-electron chi connectivity index (χ1n) is 7.46. The van der Waals surface area contributed by atoms with Gasteiger partial charge < -0.3 is 9.80 Å². The van der Waals surface area contributed by atoms with E-state index in [4.69, 9.17) is 5.26 Å². The minimum Gasteiger partial charge on any atom is -0.342 e. The van der Waals surface area contributed by atoms with Gasteiger partial charge in [0.05, 0.1) is 12.0 Å². The third-order valence-electron chi connectivity index (χ3n) is 4.75. The van der Waals surface area contributed by atoms with E-state index >= 15 is 0 Å². The van der Waals surface area contributed by atoms with E-state index in [1.807, 2.05) is 11.9 Å². The quantitative estimate of drug-likeness (QED) is 0.764. The second kappa shape index (κ2) is 6.38. The molecule has 0 aromatic rings. The summed E-state index contributed by atoms with van der Waals surface area (Å²) < 4.78 is 0. The van der Waals surface area contributed by atoms with Gasteiger partial charge in [-0.15, -0.1) is 0 Å². The molecule has 0 aromatic carbocycles. The van der Waals surface area contributed by atoms with Crippen LogP contribution in [0.5, 0.6) is 0 Å². The van der Waals surface area contributed by atoms with Crippen LogP contribution in [0.15, 0.2) is 0 Å². The van der Waals surface area contributed by atoms with Crippen molar-refractivity contribution in [2.75, 3.05) is 27.2 Å². The van der Waals surface area contributed by atoms with E-state index < -0.39 is 0 Å². The highest BCUT2D eigenvalue weighted by atomic mass is 16.2. The van der Waals surface area contributed by atoms with Gasteiger partial charge in [0.1, 0.15) is 0 Å². The molecular weight excluding hydrogens is 238 g/mol. The van der Waals surface area contributed by atoms with Gasteiger partial charge in [-0.2, -0.15) is 5.26 Å². The minimum atomic E-state index is 0.178. The molecule has 1 unspecified atom stereocenters. The van der Waals surface area contributed by atoms with Gasteiger partial charge in [-0.05, 0) is 52.1 Å². The fourth-order valence-corrected chi connectivity index (χ4v) is 3.43. The third-order valence-corrected chi connectivity index (χ3v) is 4.75. The van der Waals surface area contributed by atoms with Gasteiger partial charge in [0.2, 0.25) is 5.91 Å². The zero-order valence-electron chi connectivity index (χ0n) is 12.1. The van der Waals surface area contributed by atoms with Gasteiger partial charge in [0, 0.05) is 25.6 Å². The van der Waals surface area contributed by atoms with Crippen LogP contribution in [0.2, 0.25) is 0 Å². The molecule has 1 saturated heterocycles. The predicted octanol–water partition coefficient (Wildman–Crippen LogP) is 1.87. The third kappa shape index (κ3) is 3.48. The van der Waals surface area contributed by atoms with E-state index in [9.17, 15) is 4.79 Å². The van der Waals surface area contributed by atoms with Gasteiger partial charge in [0.15, 0.2) is 0 Å². The Balaban J connectivity index is 1.87. The minimum absolute atomic E-state index is 0.178. The van der Waals surface area contributed by atoms with Crippen LogP contribution in [0, 0.1) is 23.2 Å². The number of piperidine rings is 1. The molecule has 106 valence electrons.